The van der Waals surface area contributed by atoms with Crippen LogP contribution in [-0.2, 0) is 11.8 Å². The van der Waals surface area contributed by atoms with E-state index < -0.39 is 0 Å². The number of nitrogens with one attached hydrogen (secondary N) is 1. The Balaban J connectivity index is 1.63. The van der Waals surface area contributed by atoms with Crippen molar-refractivity contribution in [2.75, 3.05) is 39.4 Å². The van der Waals surface area contributed by atoms with Crippen molar-refractivity contribution in [2.45, 2.75) is 6.42 Å². The third kappa shape index (κ3) is 3.54. The quantitative estimate of drug-likeness (QED) is 0.742. The molecule has 6 heteroatoms. The molecule has 2 rings (SSSR count). The minimum atomic E-state index is -0.0584. The standard InChI is InChI=1S/C12H20N4O2/c1-15-11(3-5-14-15)12(17)13-4-2-6-16-7-9-18-10-8-16/h3,5H,2,4,6-10H2,1H3,(H,13,17). The number of amides is 1. The monoisotopic (exact) mass is 252 g/mol. The van der Waals surface area contributed by atoms with Crippen LogP contribution >= 0.6 is 0 Å². The molecule has 1 amide bonds. The zero-order valence-corrected chi connectivity index (χ0v) is 10.8. The molecule has 1 aliphatic heterocycles. The summed E-state index contributed by atoms with van der Waals surface area (Å²) in [5.74, 6) is -0.0584. The highest BCUT2D eigenvalue weighted by Crippen LogP contribution is 1.98. The Kier molecular flexibility index (Phi) is 4.72. The van der Waals surface area contributed by atoms with E-state index in [9.17, 15) is 4.79 Å². The number of nitrogens with zero attached hydrogens (tertiary/aromatic N) is 3. The van der Waals surface area contributed by atoms with Gasteiger partial charge in [-0.15, -0.1) is 0 Å². The molecule has 0 atom stereocenters. The molecule has 1 aromatic heterocycles. The van der Waals surface area contributed by atoms with Gasteiger partial charge in [0, 0.05) is 32.9 Å². The van der Waals surface area contributed by atoms with Crippen LogP contribution in [0.3, 0.4) is 0 Å². The maximum absolute atomic E-state index is 11.8. The van der Waals surface area contributed by atoms with Crippen LogP contribution < -0.4 is 5.32 Å². The lowest BCUT2D eigenvalue weighted by Crippen LogP contribution is -2.38. The summed E-state index contributed by atoms with van der Waals surface area (Å²) in [7, 11) is 1.77. The summed E-state index contributed by atoms with van der Waals surface area (Å²) in [6, 6.07) is 1.72. The predicted molar refractivity (Wildman–Crippen MR) is 67.4 cm³/mol. The van der Waals surface area contributed by atoms with Crippen molar-refractivity contribution in [1.82, 2.24) is 20.0 Å². The summed E-state index contributed by atoms with van der Waals surface area (Å²) in [6.45, 7) is 5.34. The third-order valence-electron chi connectivity index (χ3n) is 3.09. The lowest BCUT2D eigenvalue weighted by atomic mass is 10.3. The zero-order chi connectivity index (χ0) is 12.8. The van der Waals surface area contributed by atoms with Crippen LogP contribution in [0.15, 0.2) is 12.3 Å². The fraction of sp³-hybridized carbons (Fsp3) is 0.667. The fourth-order valence-electron chi connectivity index (χ4n) is 2.02. The topological polar surface area (TPSA) is 59.4 Å². The first-order valence-electron chi connectivity index (χ1n) is 6.33. The van der Waals surface area contributed by atoms with Crippen molar-refractivity contribution < 1.29 is 9.53 Å². The lowest BCUT2D eigenvalue weighted by molar-refractivity contribution is 0.0374. The molecule has 0 aromatic carbocycles. The van der Waals surface area contributed by atoms with Crippen LogP contribution in [0.25, 0.3) is 0 Å². The van der Waals surface area contributed by atoms with Crippen molar-refractivity contribution in [3.8, 4) is 0 Å². The maximum atomic E-state index is 11.8. The first kappa shape index (κ1) is 13.0. The molecule has 1 saturated heterocycles. The normalized spacial score (nSPS) is 16.7. The minimum Gasteiger partial charge on any atom is -0.379 e. The summed E-state index contributed by atoms with van der Waals surface area (Å²) in [4.78, 5) is 14.1. The summed E-state index contributed by atoms with van der Waals surface area (Å²) in [5, 5.41) is 6.88. The van der Waals surface area contributed by atoms with Gasteiger partial charge in [-0.05, 0) is 19.0 Å². The highest BCUT2D eigenvalue weighted by atomic mass is 16.5. The van der Waals surface area contributed by atoms with Crippen molar-refractivity contribution in [3.05, 3.63) is 18.0 Å². The molecule has 1 N–H and O–H groups in total. The van der Waals surface area contributed by atoms with Crippen LogP contribution in [0, 0.1) is 0 Å². The molecule has 0 spiro atoms. The molecular weight excluding hydrogens is 232 g/mol. The third-order valence-corrected chi connectivity index (χ3v) is 3.09. The van der Waals surface area contributed by atoms with Crippen molar-refractivity contribution in [3.63, 3.8) is 0 Å². The Bertz CT molecular complexity index is 385. The Morgan fingerprint density at radius 3 is 2.94 bits per heavy atom. The Morgan fingerprint density at radius 2 is 2.28 bits per heavy atom. The molecule has 6 nitrogen and oxygen atoms in total. The molecule has 0 saturated carbocycles. The van der Waals surface area contributed by atoms with E-state index in [0.29, 0.717) is 12.2 Å². The van der Waals surface area contributed by atoms with E-state index in [1.807, 2.05) is 0 Å². The number of carbonyl (C=O) groups is 1. The number of morpholine rings is 1. The van der Waals surface area contributed by atoms with Gasteiger partial charge in [-0.2, -0.15) is 5.10 Å². The van der Waals surface area contributed by atoms with Crippen LogP contribution in [0.1, 0.15) is 16.9 Å². The van der Waals surface area contributed by atoms with Crippen molar-refractivity contribution in [2.24, 2.45) is 7.05 Å². The highest BCUT2D eigenvalue weighted by molar-refractivity contribution is 5.92. The molecule has 18 heavy (non-hydrogen) atoms. The molecule has 1 aromatic rings. The average Bonchev–Trinajstić information content (AvgIpc) is 2.82. The van der Waals surface area contributed by atoms with Gasteiger partial charge >= 0.3 is 0 Å². The van der Waals surface area contributed by atoms with Gasteiger partial charge < -0.3 is 10.1 Å². The van der Waals surface area contributed by atoms with Crippen molar-refractivity contribution in [1.29, 1.82) is 0 Å². The maximum Gasteiger partial charge on any atom is 0.269 e. The number of aryl methyl sites for hydroxylation is 1. The Labute approximate surface area is 107 Å². The van der Waals surface area contributed by atoms with Gasteiger partial charge in [0.05, 0.1) is 13.2 Å². The van der Waals surface area contributed by atoms with Crippen LogP contribution in [-0.4, -0.2) is 60.0 Å². The minimum absolute atomic E-state index is 0.0584. The number of rotatable bonds is 5. The van der Waals surface area contributed by atoms with E-state index in [4.69, 9.17) is 4.74 Å². The van der Waals surface area contributed by atoms with Gasteiger partial charge in [-0.25, -0.2) is 0 Å². The molecule has 0 unspecified atom stereocenters. The summed E-state index contributed by atoms with van der Waals surface area (Å²) in [5.41, 5.74) is 0.598. The van der Waals surface area contributed by atoms with Gasteiger partial charge in [-0.1, -0.05) is 0 Å². The van der Waals surface area contributed by atoms with Gasteiger partial charge in [0.2, 0.25) is 0 Å². The number of carbonyl (C=O) groups excluding carboxylic acids is 1. The second kappa shape index (κ2) is 6.51. The molecular formula is C12H20N4O2. The van der Waals surface area contributed by atoms with Crippen LogP contribution in [0.4, 0.5) is 0 Å². The van der Waals surface area contributed by atoms with Gasteiger partial charge in [0.1, 0.15) is 5.69 Å². The largest absolute Gasteiger partial charge is 0.379 e. The SMILES string of the molecule is Cn1nccc1C(=O)NCCCN1CCOCC1. The Hall–Kier alpha value is -1.40. The molecule has 0 bridgehead atoms. The zero-order valence-electron chi connectivity index (χ0n) is 10.8. The van der Waals surface area contributed by atoms with Crippen LogP contribution in [0.5, 0.6) is 0 Å². The molecule has 1 aliphatic rings. The van der Waals surface area contributed by atoms with E-state index in [0.717, 1.165) is 39.3 Å². The molecule has 100 valence electrons. The second-order valence-electron chi connectivity index (χ2n) is 4.40. The Morgan fingerprint density at radius 1 is 1.50 bits per heavy atom. The number of hydrogen-bond acceptors (Lipinski definition) is 4. The van der Waals surface area contributed by atoms with Gasteiger partial charge in [0.25, 0.3) is 5.91 Å². The molecule has 2 heterocycles. The first-order chi connectivity index (χ1) is 8.77. The number of aromatic nitrogens is 2. The van der Waals surface area contributed by atoms with E-state index in [-0.39, 0.29) is 5.91 Å². The smallest absolute Gasteiger partial charge is 0.269 e. The number of hydrogen-bond donors (Lipinski definition) is 1. The van der Waals surface area contributed by atoms with E-state index in [1.54, 1.807) is 24.0 Å². The summed E-state index contributed by atoms with van der Waals surface area (Å²) in [6.07, 6.45) is 2.59. The van der Waals surface area contributed by atoms with Crippen LogP contribution in [0.2, 0.25) is 0 Å². The second-order valence-corrected chi connectivity index (χ2v) is 4.40. The summed E-state index contributed by atoms with van der Waals surface area (Å²) < 4.78 is 6.87. The average molecular weight is 252 g/mol. The predicted octanol–water partition coefficient (Wildman–Crippen LogP) is -0.128. The molecule has 0 aliphatic carbocycles. The van der Waals surface area contributed by atoms with E-state index >= 15 is 0 Å². The lowest BCUT2D eigenvalue weighted by Gasteiger charge is -2.26. The fourth-order valence-corrected chi connectivity index (χ4v) is 2.02. The first-order valence-corrected chi connectivity index (χ1v) is 6.33. The van der Waals surface area contributed by atoms with E-state index in [2.05, 4.69) is 15.3 Å². The van der Waals surface area contributed by atoms with Crippen molar-refractivity contribution >= 4 is 5.91 Å². The molecule has 0 radical (unpaired) electrons. The molecule has 1 fully saturated rings. The highest BCUT2D eigenvalue weighted by Gasteiger charge is 2.11. The van der Waals surface area contributed by atoms with E-state index in [1.165, 1.54) is 0 Å². The van der Waals surface area contributed by atoms with Gasteiger partial charge in [0.15, 0.2) is 0 Å². The number of ether oxygens (including phenoxy) is 1. The van der Waals surface area contributed by atoms with Gasteiger partial charge in [-0.3, -0.25) is 14.4 Å². The summed E-state index contributed by atoms with van der Waals surface area (Å²) >= 11 is 0.